The van der Waals surface area contributed by atoms with Crippen LogP contribution in [0.1, 0.15) is 51.1 Å². The first-order valence-corrected chi connectivity index (χ1v) is 6.95. The molecule has 0 amide bonds. The molecule has 1 saturated carbocycles. The smallest absolute Gasteiger partial charge is 0.0728 e. The second-order valence-corrected chi connectivity index (χ2v) is 5.03. The number of hydrogen-bond donors (Lipinski definition) is 1. The van der Waals surface area contributed by atoms with Gasteiger partial charge in [0.2, 0.25) is 0 Å². The number of rotatable bonds is 7. The molecule has 4 heteroatoms. The lowest BCUT2D eigenvalue weighted by atomic mass is 9.72. The van der Waals surface area contributed by atoms with Gasteiger partial charge in [0.15, 0.2) is 0 Å². The van der Waals surface area contributed by atoms with Crippen LogP contribution in [-0.4, -0.2) is 28.1 Å². The van der Waals surface area contributed by atoms with Crippen LogP contribution in [0.2, 0.25) is 0 Å². The van der Waals surface area contributed by atoms with E-state index in [1.54, 1.807) is 0 Å². The third-order valence-electron chi connectivity index (χ3n) is 3.71. The summed E-state index contributed by atoms with van der Waals surface area (Å²) in [6.07, 6.45) is 6.95. The molecule has 0 aliphatic heterocycles. The van der Waals surface area contributed by atoms with E-state index in [4.69, 9.17) is 0 Å². The monoisotopic (exact) mass is 236 g/mol. The lowest BCUT2D eigenvalue weighted by Gasteiger charge is -2.36. The van der Waals surface area contributed by atoms with Crippen LogP contribution in [0.3, 0.4) is 0 Å². The lowest BCUT2D eigenvalue weighted by Crippen LogP contribution is -2.35. The Balaban J connectivity index is 1.90. The van der Waals surface area contributed by atoms with Crippen molar-refractivity contribution in [1.29, 1.82) is 0 Å². The Morgan fingerprint density at radius 3 is 2.88 bits per heavy atom. The second kappa shape index (κ2) is 6.15. The second-order valence-electron chi connectivity index (χ2n) is 5.03. The molecule has 4 nitrogen and oxygen atoms in total. The average Bonchev–Trinajstić information content (AvgIpc) is 2.72. The zero-order valence-electron chi connectivity index (χ0n) is 11.0. The molecule has 1 aromatic heterocycles. The van der Waals surface area contributed by atoms with Gasteiger partial charge in [0, 0.05) is 12.5 Å². The minimum absolute atomic E-state index is 0.681. The summed E-state index contributed by atoms with van der Waals surface area (Å²) in [5, 5.41) is 11.8. The van der Waals surface area contributed by atoms with Crippen molar-refractivity contribution in [2.45, 2.75) is 52.0 Å². The van der Waals surface area contributed by atoms with E-state index in [-0.39, 0.29) is 0 Å². The number of hydrogen-bond acceptors (Lipinski definition) is 3. The normalized spacial score (nSPS) is 23.6. The van der Waals surface area contributed by atoms with Crippen LogP contribution < -0.4 is 5.32 Å². The van der Waals surface area contributed by atoms with Crippen LogP contribution in [0.25, 0.3) is 0 Å². The Hall–Kier alpha value is -0.900. The van der Waals surface area contributed by atoms with E-state index in [1.165, 1.54) is 25.0 Å². The first kappa shape index (κ1) is 12.6. The van der Waals surface area contributed by atoms with E-state index in [9.17, 15) is 0 Å². The topological polar surface area (TPSA) is 42.7 Å². The summed E-state index contributed by atoms with van der Waals surface area (Å²) < 4.78 is 2.09. The van der Waals surface area contributed by atoms with Gasteiger partial charge in [-0.3, -0.25) is 0 Å². The maximum atomic E-state index is 4.19. The molecule has 0 aromatic carbocycles. The van der Waals surface area contributed by atoms with E-state index in [2.05, 4.69) is 34.2 Å². The van der Waals surface area contributed by atoms with Crippen molar-refractivity contribution in [2.75, 3.05) is 13.1 Å². The summed E-state index contributed by atoms with van der Waals surface area (Å²) in [6, 6.07) is 0. The van der Waals surface area contributed by atoms with Gasteiger partial charge < -0.3 is 5.32 Å². The molecule has 17 heavy (non-hydrogen) atoms. The van der Waals surface area contributed by atoms with Crippen LogP contribution >= 0.6 is 0 Å². The largest absolute Gasteiger partial charge is 0.316 e. The van der Waals surface area contributed by atoms with E-state index < -0.39 is 0 Å². The van der Waals surface area contributed by atoms with E-state index in [1.807, 2.05) is 6.20 Å². The Morgan fingerprint density at radius 2 is 2.24 bits per heavy atom. The van der Waals surface area contributed by atoms with Gasteiger partial charge in [-0.1, -0.05) is 19.1 Å². The zero-order chi connectivity index (χ0) is 12.1. The molecule has 0 radical (unpaired) electrons. The minimum Gasteiger partial charge on any atom is -0.316 e. The van der Waals surface area contributed by atoms with E-state index >= 15 is 0 Å². The molecule has 1 heterocycles. The first-order valence-electron chi connectivity index (χ1n) is 6.95. The van der Waals surface area contributed by atoms with Gasteiger partial charge in [-0.2, -0.15) is 0 Å². The molecule has 0 spiro atoms. The van der Waals surface area contributed by atoms with Crippen molar-refractivity contribution in [3.8, 4) is 0 Å². The standard InChI is InChI=1S/C13H24N4/c1-3-7-14-9-11-5-6-12(11)13-10-15-16-17(13)8-4-2/h10-12,14H,3-9H2,1-2H3. The predicted octanol–water partition coefficient (Wildman–Crippen LogP) is 2.18. The van der Waals surface area contributed by atoms with Crippen molar-refractivity contribution < 1.29 is 0 Å². The van der Waals surface area contributed by atoms with Crippen molar-refractivity contribution >= 4 is 0 Å². The van der Waals surface area contributed by atoms with Gasteiger partial charge in [-0.15, -0.1) is 5.10 Å². The summed E-state index contributed by atoms with van der Waals surface area (Å²) >= 11 is 0. The molecular formula is C13H24N4. The van der Waals surface area contributed by atoms with Gasteiger partial charge in [-0.25, -0.2) is 4.68 Å². The van der Waals surface area contributed by atoms with Crippen molar-refractivity contribution in [1.82, 2.24) is 20.3 Å². The number of nitrogens with zero attached hydrogens (tertiary/aromatic N) is 3. The molecule has 96 valence electrons. The molecule has 1 N–H and O–H groups in total. The molecule has 0 saturated heterocycles. The molecule has 0 bridgehead atoms. The summed E-state index contributed by atoms with van der Waals surface area (Å²) in [5.41, 5.74) is 1.35. The zero-order valence-corrected chi connectivity index (χ0v) is 11.0. The third kappa shape index (κ3) is 2.86. The average molecular weight is 236 g/mol. The summed E-state index contributed by atoms with van der Waals surface area (Å²) in [5.74, 6) is 1.47. The van der Waals surface area contributed by atoms with Crippen molar-refractivity contribution in [3.05, 3.63) is 11.9 Å². The van der Waals surface area contributed by atoms with Crippen molar-refractivity contribution in [3.63, 3.8) is 0 Å². The van der Waals surface area contributed by atoms with Crippen molar-refractivity contribution in [2.24, 2.45) is 5.92 Å². The Bertz CT molecular complexity index is 334. The minimum atomic E-state index is 0.681. The van der Waals surface area contributed by atoms with Gasteiger partial charge in [0.1, 0.15) is 0 Å². The lowest BCUT2D eigenvalue weighted by molar-refractivity contribution is 0.233. The molecule has 1 aliphatic carbocycles. The highest BCUT2D eigenvalue weighted by Gasteiger charge is 2.34. The highest BCUT2D eigenvalue weighted by Crippen LogP contribution is 2.41. The van der Waals surface area contributed by atoms with Gasteiger partial charge in [0.05, 0.1) is 11.9 Å². The number of aromatic nitrogens is 3. The predicted molar refractivity (Wildman–Crippen MR) is 68.9 cm³/mol. The Kier molecular flexibility index (Phi) is 4.54. The van der Waals surface area contributed by atoms with E-state index in [0.29, 0.717) is 5.92 Å². The summed E-state index contributed by atoms with van der Waals surface area (Å²) in [7, 11) is 0. The molecule has 2 unspecified atom stereocenters. The molecule has 2 atom stereocenters. The number of aryl methyl sites for hydroxylation is 1. The molecule has 2 rings (SSSR count). The van der Waals surface area contributed by atoms with Gasteiger partial charge in [0.25, 0.3) is 0 Å². The van der Waals surface area contributed by atoms with Crippen LogP contribution in [0.15, 0.2) is 6.20 Å². The summed E-state index contributed by atoms with van der Waals surface area (Å²) in [4.78, 5) is 0. The fourth-order valence-electron chi connectivity index (χ4n) is 2.61. The Morgan fingerprint density at radius 1 is 1.35 bits per heavy atom. The molecule has 1 aliphatic rings. The Labute approximate surface area is 104 Å². The fourth-order valence-corrected chi connectivity index (χ4v) is 2.61. The van der Waals surface area contributed by atoms with Gasteiger partial charge >= 0.3 is 0 Å². The SMILES string of the molecule is CCCNCC1CCC1c1cnnn1CCC. The molecular weight excluding hydrogens is 212 g/mol. The fraction of sp³-hybridized carbons (Fsp3) is 0.846. The highest BCUT2D eigenvalue weighted by molar-refractivity contribution is 5.10. The van der Waals surface area contributed by atoms with Gasteiger partial charge in [-0.05, 0) is 44.7 Å². The van der Waals surface area contributed by atoms with Crippen LogP contribution in [0, 0.1) is 5.92 Å². The maximum absolute atomic E-state index is 4.19. The highest BCUT2D eigenvalue weighted by atomic mass is 15.4. The quantitative estimate of drug-likeness (QED) is 0.738. The molecule has 1 aromatic rings. The maximum Gasteiger partial charge on any atom is 0.0728 e. The third-order valence-corrected chi connectivity index (χ3v) is 3.71. The van der Waals surface area contributed by atoms with Crippen LogP contribution in [-0.2, 0) is 6.54 Å². The summed E-state index contributed by atoms with van der Waals surface area (Å²) in [6.45, 7) is 7.68. The van der Waals surface area contributed by atoms with Crippen LogP contribution in [0.4, 0.5) is 0 Å². The number of nitrogens with one attached hydrogen (secondary N) is 1. The van der Waals surface area contributed by atoms with E-state index in [0.717, 1.165) is 32.0 Å². The molecule has 1 fully saturated rings. The van der Waals surface area contributed by atoms with Crippen LogP contribution in [0.5, 0.6) is 0 Å². The first-order chi connectivity index (χ1) is 8.36.